The quantitative estimate of drug-likeness (QED) is 0.710. The van der Waals surface area contributed by atoms with E-state index in [0.717, 1.165) is 61.3 Å². The lowest BCUT2D eigenvalue weighted by atomic mass is 9.79. The number of rotatable bonds is 5. The second-order valence-corrected chi connectivity index (χ2v) is 9.75. The maximum absolute atomic E-state index is 13.5. The second kappa shape index (κ2) is 8.99. The number of hydrogen-bond acceptors (Lipinski definition) is 8. The van der Waals surface area contributed by atoms with Crippen LogP contribution < -0.4 is 0 Å². The number of likely N-dealkylation sites (tertiary alicyclic amines) is 2. The van der Waals surface area contributed by atoms with Crippen LogP contribution in [0.5, 0.6) is 0 Å². The highest BCUT2D eigenvalue weighted by Crippen LogP contribution is 2.44. The summed E-state index contributed by atoms with van der Waals surface area (Å²) in [6, 6.07) is 3.68. The van der Waals surface area contributed by atoms with Crippen LogP contribution >= 0.6 is 0 Å². The molecule has 0 radical (unpaired) electrons. The van der Waals surface area contributed by atoms with Gasteiger partial charge < -0.3 is 14.9 Å². The third kappa shape index (κ3) is 4.05. The Morgan fingerprint density at radius 2 is 1.91 bits per heavy atom. The zero-order valence-corrected chi connectivity index (χ0v) is 19.8. The van der Waals surface area contributed by atoms with Crippen molar-refractivity contribution < 1.29 is 14.7 Å². The monoisotopic (exact) mass is 465 g/mol. The van der Waals surface area contributed by atoms with Crippen molar-refractivity contribution in [3.05, 3.63) is 41.0 Å². The van der Waals surface area contributed by atoms with Crippen molar-refractivity contribution in [2.75, 3.05) is 26.2 Å². The Morgan fingerprint density at radius 1 is 1.09 bits per heavy atom. The molecule has 180 valence electrons. The van der Waals surface area contributed by atoms with Crippen LogP contribution in [0.2, 0.25) is 0 Å². The first-order chi connectivity index (χ1) is 16.4. The van der Waals surface area contributed by atoms with E-state index in [9.17, 15) is 14.7 Å². The van der Waals surface area contributed by atoms with Crippen molar-refractivity contribution >= 4 is 11.7 Å². The Morgan fingerprint density at radius 3 is 2.62 bits per heavy atom. The number of ketones is 1. The van der Waals surface area contributed by atoms with Crippen molar-refractivity contribution in [3.63, 3.8) is 0 Å². The largest absolute Gasteiger partial charge is 0.387 e. The number of aryl methyl sites for hydroxylation is 1. The smallest absolute Gasteiger partial charge is 0.233 e. The SMILES string of the molecule is CC1=C(N2CCC3(CCCN(CC(O)c4ccc(-n5cnnn5)nc4C)CC3)C2=O)CCC1=O. The molecule has 1 N–H and O–H groups in total. The van der Waals surface area contributed by atoms with E-state index >= 15 is 0 Å². The molecule has 2 aliphatic heterocycles. The third-order valence-electron chi connectivity index (χ3n) is 7.80. The standard InChI is InChI=1S/C24H31N7O3/c1-16-19(5-6-20(16)32)30-13-10-24(23(30)34)8-3-11-29(12-9-24)14-21(33)18-4-7-22(26-17(18)2)31-15-25-27-28-31/h4,7,15,21,33H,3,5-6,8-14H2,1-2H3. The molecule has 2 fully saturated rings. The van der Waals surface area contributed by atoms with Gasteiger partial charge in [-0.15, -0.1) is 5.10 Å². The molecule has 10 heteroatoms. The van der Waals surface area contributed by atoms with Crippen LogP contribution in [-0.2, 0) is 9.59 Å². The molecule has 2 atom stereocenters. The number of carbonyl (C=O) groups excluding carboxylic acids is 2. The fourth-order valence-electron chi connectivity index (χ4n) is 5.73. The summed E-state index contributed by atoms with van der Waals surface area (Å²) in [5, 5.41) is 22.1. The van der Waals surface area contributed by atoms with Crippen molar-refractivity contribution in [3.8, 4) is 5.82 Å². The van der Waals surface area contributed by atoms with Crippen LogP contribution in [0.3, 0.4) is 0 Å². The molecule has 0 bridgehead atoms. The molecule has 0 aromatic carbocycles. The molecule has 2 saturated heterocycles. The number of β-amino-alcohol motifs (C(OH)–C–C–N with tert-alkyl or cyclic N) is 1. The lowest BCUT2D eigenvalue weighted by Gasteiger charge is -2.28. The first kappa shape index (κ1) is 22.8. The van der Waals surface area contributed by atoms with Gasteiger partial charge in [-0.1, -0.05) is 6.07 Å². The average molecular weight is 466 g/mol. The fraction of sp³-hybridized carbons (Fsp3) is 0.583. The minimum Gasteiger partial charge on any atom is -0.387 e. The van der Waals surface area contributed by atoms with E-state index < -0.39 is 6.10 Å². The third-order valence-corrected chi connectivity index (χ3v) is 7.80. The van der Waals surface area contributed by atoms with Gasteiger partial charge in [0, 0.05) is 42.0 Å². The lowest BCUT2D eigenvalue weighted by Crippen LogP contribution is -2.36. The number of aliphatic hydroxyl groups is 1. The van der Waals surface area contributed by atoms with E-state index in [1.165, 1.54) is 11.0 Å². The van der Waals surface area contributed by atoms with E-state index in [2.05, 4.69) is 25.4 Å². The Hall–Kier alpha value is -2.98. The molecular weight excluding hydrogens is 434 g/mol. The number of nitrogens with zero attached hydrogens (tertiary/aromatic N) is 7. The fourth-order valence-corrected chi connectivity index (χ4v) is 5.73. The number of aliphatic hydroxyl groups excluding tert-OH is 1. The molecule has 0 saturated carbocycles. The van der Waals surface area contributed by atoms with Gasteiger partial charge in [-0.2, -0.15) is 4.68 Å². The number of aromatic nitrogens is 5. The van der Waals surface area contributed by atoms with Crippen LogP contribution in [0.15, 0.2) is 29.7 Å². The van der Waals surface area contributed by atoms with Crippen LogP contribution in [0.25, 0.3) is 5.82 Å². The van der Waals surface area contributed by atoms with E-state index in [-0.39, 0.29) is 17.1 Å². The summed E-state index contributed by atoms with van der Waals surface area (Å²) >= 11 is 0. The van der Waals surface area contributed by atoms with E-state index in [0.29, 0.717) is 31.7 Å². The summed E-state index contributed by atoms with van der Waals surface area (Å²) in [6.45, 7) is 6.55. The van der Waals surface area contributed by atoms with Crippen molar-refractivity contribution in [1.29, 1.82) is 0 Å². The molecule has 2 aromatic rings. The van der Waals surface area contributed by atoms with E-state index in [4.69, 9.17) is 0 Å². The average Bonchev–Trinajstić information content (AvgIpc) is 3.50. The highest BCUT2D eigenvalue weighted by molar-refractivity contribution is 5.99. The number of Topliss-reactive ketones (excluding diaryl/α,β-unsaturated/α-hetero) is 1. The van der Waals surface area contributed by atoms with Crippen molar-refractivity contribution in [2.45, 2.75) is 58.5 Å². The van der Waals surface area contributed by atoms with Gasteiger partial charge >= 0.3 is 0 Å². The lowest BCUT2D eigenvalue weighted by molar-refractivity contribution is -0.135. The minimum absolute atomic E-state index is 0.167. The van der Waals surface area contributed by atoms with Gasteiger partial charge in [0.15, 0.2) is 11.6 Å². The number of carbonyl (C=O) groups is 2. The van der Waals surface area contributed by atoms with Gasteiger partial charge in [0.2, 0.25) is 5.91 Å². The first-order valence-corrected chi connectivity index (χ1v) is 12.0. The molecule has 2 aromatic heterocycles. The molecule has 1 amide bonds. The van der Waals surface area contributed by atoms with Crippen LogP contribution in [-0.4, -0.2) is 78.0 Å². The highest BCUT2D eigenvalue weighted by Gasteiger charge is 2.48. The molecular formula is C24H31N7O3. The van der Waals surface area contributed by atoms with Gasteiger partial charge in [0.05, 0.1) is 11.5 Å². The molecule has 2 unspecified atom stereocenters. The Balaban J connectivity index is 1.23. The normalized spacial score (nSPS) is 25.0. The summed E-state index contributed by atoms with van der Waals surface area (Å²) in [7, 11) is 0. The zero-order valence-electron chi connectivity index (χ0n) is 19.8. The molecule has 5 rings (SSSR count). The minimum atomic E-state index is -0.669. The summed E-state index contributed by atoms with van der Waals surface area (Å²) in [5.74, 6) is 0.964. The number of pyridine rings is 1. The zero-order chi connectivity index (χ0) is 23.9. The topological polar surface area (TPSA) is 117 Å². The number of amides is 1. The maximum Gasteiger partial charge on any atom is 0.233 e. The first-order valence-electron chi connectivity index (χ1n) is 12.0. The maximum atomic E-state index is 13.5. The summed E-state index contributed by atoms with van der Waals surface area (Å²) in [5.41, 5.74) is 2.88. The number of tetrazole rings is 1. The van der Waals surface area contributed by atoms with Gasteiger partial charge in [0.25, 0.3) is 0 Å². The second-order valence-electron chi connectivity index (χ2n) is 9.75. The Labute approximate surface area is 198 Å². The number of allylic oxidation sites excluding steroid dienone is 2. The molecule has 1 spiro atoms. The molecule has 4 heterocycles. The van der Waals surface area contributed by atoms with Gasteiger partial charge in [0.1, 0.15) is 6.33 Å². The van der Waals surface area contributed by atoms with Gasteiger partial charge in [-0.3, -0.25) is 9.59 Å². The molecule has 1 aliphatic carbocycles. The predicted octanol–water partition coefficient (Wildman–Crippen LogP) is 1.74. The Kier molecular flexibility index (Phi) is 6.03. The van der Waals surface area contributed by atoms with E-state index in [1.54, 1.807) is 6.07 Å². The summed E-state index contributed by atoms with van der Waals surface area (Å²) < 4.78 is 1.48. The Bertz CT molecular complexity index is 1130. The van der Waals surface area contributed by atoms with Crippen LogP contribution in [0, 0.1) is 12.3 Å². The predicted molar refractivity (Wildman–Crippen MR) is 123 cm³/mol. The van der Waals surface area contributed by atoms with Gasteiger partial charge in [-0.05, 0) is 75.5 Å². The summed E-state index contributed by atoms with van der Waals surface area (Å²) in [4.78, 5) is 34.2. The van der Waals surface area contributed by atoms with Crippen molar-refractivity contribution in [2.24, 2.45) is 5.41 Å². The summed E-state index contributed by atoms with van der Waals surface area (Å²) in [6.07, 6.45) is 5.42. The molecule has 10 nitrogen and oxygen atoms in total. The molecule has 34 heavy (non-hydrogen) atoms. The highest BCUT2D eigenvalue weighted by atomic mass is 16.3. The van der Waals surface area contributed by atoms with E-state index in [1.807, 2.05) is 24.8 Å². The van der Waals surface area contributed by atoms with Crippen molar-refractivity contribution in [1.82, 2.24) is 35.0 Å². The van der Waals surface area contributed by atoms with Gasteiger partial charge in [-0.25, -0.2) is 4.98 Å². The van der Waals surface area contributed by atoms with Crippen LogP contribution in [0.4, 0.5) is 0 Å². The van der Waals surface area contributed by atoms with Crippen LogP contribution in [0.1, 0.15) is 62.8 Å². The number of hydrogen-bond donors (Lipinski definition) is 1. The molecule has 3 aliphatic rings.